The van der Waals surface area contributed by atoms with Crippen molar-refractivity contribution in [3.05, 3.63) is 70.6 Å². The van der Waals surface area contributed by atoms with E-state index in [1.165, 1.54) is 29.1 Å². The number of quaternary nitrogens is 2. The van der Waals surface area contributed by atoms with Crippen LogP contribution < -0.4 is 9.80 Å². The van der Waals surface area contributed by atoms with Crippen LogP contribution in [0.1, 0.15) is 17.0 Å². The normalized spacial score (nSPS) is 19.9. The van der Waals surface area contributed by atoms with E-state index < -0.39 is 0 Å². The molecule has 140 valence electrons. The van der Waals surface area contributed by atoms with Gasteiger partial charge in [-0.05, 0) is 36.8 Å². The minimum Gasteiger partial charge on any atom is -0.415 e. The summed E-state index contributed by atoms with van der Waals surface area (Å²) in [6.45, 7) is 8.69. The Kier molecular flexibility index (Phi) is 5.53. The first-order valence-corrected chi connectivity index (χ1v) is 9.85. The molecule has 5 nitrogen and oxygen atoms in total. The van der Waals surface area contributed by atoms with Crippen LogP contribution >= 0.6 is 11.6 Å². The lowest BCUT2D eigenvalue weighted by atomic mass is 10.1. The minimum atomic E-state index is 0.560. The molecule has 0 atom stereocenters. The molecule has 0 radical (unpaired) electrons. The second-order valence-electron chi connectivity index (χ2n) is 7.29. The summed E-state index contributed by atoms with van der Waals surface area (Å²) in [5, 5.41) is 9.12. The first-order chi connectivity index (χ1) is 13.2. The molecule has 0 bridgehead atoms. The van der Waals surface area contributed by atoms with E-state index in [1.807, 2.05) is 24.3 Å². The van der Waals surface area contributed by atoms with Crippen LogP contribution in [0.15, 0.2) is 52.9 Å². The molecule has 2 heterocycles. The van der Waals surface area contributed by atoms with Crippen molar-refractivity contribution in [3.8, 4) is 11.5 Å². The smallest absolute Gasteiger partial charge is 0.271 e. The van der Waals surface area contributed by atoms with Gasteiger partial charge in [0.2, 0.25) is 5.89 Å². The molecule has 0 aliphatic carbocycles. The van der Waals surface area contributed by atoms with Crippen molar-refractivity contribution in [1.82, 2.24) is 10.2 Å². The Morgan fingerprint density at radius 1 is 0.889 bits per heavy atom. The van der Waals surface area contributed by atoms with Gasteiger partial charge in [-0.1, -0.05) is 35.9 Å². The summed E-state index contributed by atoms with van der Waals surface area (Å²) in [6, 6.07) is 16.2. The Morgan fingerprint density at radius 3 is 2.26 bits per heavy atom. The van der Waals surface area contributed by atoms with Gasteiger partial charge in [0.05, 0.1) is 0 Å². The van der Waals surface area contributed by atoms with Crippen LogP contribution in [0.3, 0.4) is 0 Å². The third-order valence-electron chi connectivity index (χ3n) is 5.33. The van der Waals surface area contributed by atoms with Crippen molar-refractivity contribution in [2.24, 2.45) is 0 Å². The lowest BCUT2D eigenvalue weighted by Gasteiger charge is -2.29. The van der Waals surface area contributed by atoms with Gasteiger partial charge in [0.25, 0.3) is 5.89 Å². The van der Waals surface area contributed by atoms with Gasteiger partial charge in [-0.25, -0.2) is 0 Å². The first-order valence-electron chi connectivity index (χ1n) is 9.47. The van der Waals surface area contributed by atoms with Crippen LogP contribution in [0.4, 0.5) is 0 Å². The highest BCUT2D eigenvalue weighted by Crippen LogP contribution is 2.19. The van der Waals surface area contributed by atoms with E-state index in [0.717, 1.165) is 31.7 Å². The number of halogens is 1. The molecule has 27 heavy (non-hydrogen) atoms. The molecule has 6 heteroatoms. The lowest BCUT2D eigenvalue weighted by molar-refractivity contribution is -1.02. The molecule has 1 saturated heterocycles. The maximum Gasteiger partial charge on any atom is 0.271 e. The van der Waals surface area contributed by atoms with E-state index in [-0.39, 0.29) is 0 Å². The average Bonchev–Trinajstić information content (AvgIpc) is 3.14. The zero-order valence-electron chi connectivity index (χ0n) is 15.5. The monoisotopic (exact) mass is 384 g/mol. The number of nitrogens with one attached hydrogen (secondary N) is 2. The molecule has 2 N–H and O–H groups in total. The van der Waals surface area contributed by atoms with Crippen LogP contribution in [0.25, 0.3) is 11.5 Å². The number of rotatable bonds is 5. The zero-order chi connectivity index (χ0) is 18.6. The Hall–Kier alpha value is -2.21. The molecule has 1 fully saturated rings. The van der Waals surface area contributed by atoms with Gasteiger partial charge in [-0.15, -0.1) is 10.2 Å². The number of nitrogens with zero attached hydrogens (tertiary/aromatic N) is 2. The van der Waals surface area contributed by atoms with E-state index >= 15 is 0 Å². The quantitative estimate of drug-likeness (QED) is 0.694. The highest BCUT2D eigenvalue weighted by molar-refractivity contribution is 6.30. The van der Waals surface area contributed by atoms with Crippen LogP contribution in [0.5, 0.6) is 0 Å². The largest absolute Gasteiger partial charge is 0.415 e. The average molecular weight is 385 g/mol. The summed E-state index contributed by atoms with van der Waals surface area (Å²) in [5.74, 6) is 1.27. The van der Waals surface area contributed by atoms with Crippen molar-refractivity contribution in [3.63, 3.8) is 0 Å². The number of piperazine rings is 1. The number of hydrogen-bond donors (Lipinski definition) is 2. The Morgan fingerprint density at radius 2 is 1.56 bits per heavy atom. The minimum absolute atomic E-state index is 0.560. The number of hydrogen-bond acceptors (Lipinski definition) is 3. The standard InChI is InChI=1S/C21H23ClN4O/c1-16-4-2-3-5-18(16)14-25-10-12-26(13-11-25)15-20-23-24-21(27-20)17-6-8-19(22)9-7-17/h2-9H,10-15H2,1H3/p+2. The third-order valence-corrected chi connectivity index (χ3v) is 5.58. The van der Waals surface area contributed by atoms with E-state index in [1.54, 1.807) is 4.90 Å². The molecule has 0 unspecified atom stereocenters. The molecule has 4 rings (SSSR count). The summed E-state index contributed by atoms with van der Waals surface area (Å²) < 4.78 is 5.86. The summed E-state index contributed by atoms with van der Waals surface area (Å²) in [5.41, 5.74) is 3.75. The molecule has 0 amide bonds. The summed E-state index contributed by atoms with van der Waals surface area (Å²) in [6.07, 6.45) is 0. The van der Waals surface area contributed by atoms with Gasteiger partial charge >= 0.3 is 0 Å². The van der Waals surface area contributed by atoms with Crippen molar-refractivity contribution >= 4 is 11.6 Å². The highest BCUT2D eigenvalue weighted by Gasteiger charge is 2.25. The Bertz CT molecular complexity index is 885. The molecule has 0 saturated carbocycles. The SMILES string of the molecule is Cc1ccccc1C[NH+]1CC[NH+](Cc2nnc(-c3ccc(Cl)cc3)o2)CC1. The molecule has 2 aromatic carbocycles. The lowest BCUT2D eigenvalue weighted by Crippen LogP contribution is -3.27. The zero-order valence-corrected chi connectivity index (χ0v) is 16.3. The van der Waals surface area contributed by atoms with Gasteiger partial charge in [0.1, 0.15) is 32.7 Å². The molecule has 1 aliphatic heterocycles. The predicted octanol–water partition coefficient (Wildman–Crippen LogP) is 1.18. The number of aromatic nitrogens is 2. The molecular weight excluding hydrogens is 360 g/mol. The van der Waals surface area contributed by atoms with E-state index in [0.29, 0.717) is 16.8 Å². The second-order valence-corrected chi connectivity index (χ2v) is 7.72. The molecule has 1 aliphatic rings. The van der Waals surface area contributed by atoms with Gasteiger partial charge in [0.15, 0.2) is 6.54 Å². The molecule has 0 spiro atoms. The number of aryl methyl sites for hydroxylation is 1. The predicted molar refractivity (Wildman–Crippen MR) is 105 cm³/mol. The maximum atomic E-state index is 5.93. The fourth-order valence-corrected chi connectivity index (χ4v) is 3.76. The van der Waals surface area contributed by atoms with Crippen LogP contribution in [-0.4, -0.2) is 36.4 Å². The summed E-state index contributed by atoms with van der Waals surface area (Å²) >= 11 is 5.93. The first kappa shape index (κ1) is 18.2. The molecule has 3 aromatic rings. The third kappa shape index (κ3) is 4.56. The van der Waals surface area contributed by atoms with Gasteiger partial charge < -0.3 is 14.2 Å². The van der Waals surface area contributed by atoms with Crippen LogP contribution in [-0.2, 0) is 13.1 Å². The fourth-order valence-electron chi connectivity index (χ4n) is 3.64. The van der Waals surface area contributed by atoms with Crippen LogP contribution in [0.2, 0.25) is 5.02 Å². The molecular formula is C21H25ClN4O+2. The molecule has 1 aromatic heterocycles. The topological polar surface area (TPSA) is 47.8 Å². The van der Waals surface area contributed by atoms with E-state index in [4.69, 9.17) is 16.0 Å². The second kappa shape index (κ2) is 8.21. The van der Waals surface area contributed by atoms with Crippen molar-refractivity contribution in [2.75, 3.05) is 26.2 Å². The van der Waals surface area contributed by atoms with Crippen LogP contribution in [0, 0.1) is 6.92 Å². The van der Waals surface area contributed by atoms with Crippen molar-refractivity contribution in [2.45, 2.75) is 20.0 Å². The van der Waals surface area contributed by atoms with E-state index in [2.05, 4.69) is 41.4 Å². The Labute approximate surface area is 164 Å². The fraction of sp³-hybridized carbons (Fsp3) is 0.333. The number of benzene rings is 2. The van der Waals surface area contributed by atoms with Gasteiger partial charge in [-0.2, -0.15) is 0 Å². The highest BCUT2D eigenvalue weighted by atomic mass is 35.5. The van der Waals surface area contributed by atoms with Gasteiger partial charge in [0, 0.05) is 16.1 Å². The van der Waals surface area contributed by atoms with Gasteiger partial charge in [-0.3, -0.25) is 0 Å². The van der Waals surface area contributed by atoms with Crippen molar-refractivity contribution in [1.29, 1.82) is 0 Å². The summed E-state index contributed by atoms with van der Waals surface area (Å²) in [4.78, 5) is 3.16. The van der Waals surface area contributed by atoms with Crippen molar-refractivity contribution < 1.29 is 14.2 Å². The van der Waals surface area contributed by atoms with E-state index in [9.17, 15) is 0 Å². The Balaban J connectivity index is 1.31. The summed E-state index contributed by atoms with van der Waals surface area (Å²) in [7, 11) is 0. The maximum absolute atomic E-state index is 5.93.